The second kappa shape index (κ2) is 3.41. The maximum absolute atomic E-state index is 11.1. The number of halogens is 1. The van der Waals surface area contributed by atoms with E-state index in [1.165, 1.54) is 4.42 Å². The number of rotatable bonds is 2. The number of carbonyl (C=O) groups excluding carboxylic acids is 2. The van der Waals surface area contributed by atoms with Gasteiger partial charge in [-0.3, -0.25) is 4.79 Å². The van der Waals surface area contributed by atoms with E-state index in [2.05, 4.69) is 4.74 Å². The van der Waals surface area contributed by atoms with Crippen LogP contribution in [0, 0.1) is 0 Å². The molecule has 0 aromatic carbocycles. The van der Waals surface area contributed by atoms with E-state index in [0.29, 0.717) is 0 Å². The summed E-state index contributed by atoms with van der Waals surface area (Å²) in [6.45, 7) is 3.59. The zero-order valence-corrected chi connectivity index (χ0v) is 7.67. The number of hydrogen-bond acceptors (Lipinski definition) is 4. The fourth-order valence-corrected chi connectivity index (χ4v) is 1.32. The molecule has 1 saturated heterocycles. The van der Waals surface area contributed by atoms with Crippen molar-refractivity contribution in [3.8, 4) is 0 Å². The Morgan fingerprint density at radius 1 is 1.75 bits per heavy atom. The minimum Gasteiger partial charge on any atom is -0.464 e. The molecule has 5 heteroatoms. The number of hydrogen-bond donors (Lipinski definition) is 0. The Balaban J connectivity index is 2.54. The molecule has 0 radical (unpaired) electrons. The first-order valence-electron chi connectivity index (χ1n) is 3.74. The fraction of sp³-hybridized carbons (Fsp3) is 0.714. The molecule has 2 atom stereocenters. The predicted molar refractivity (Wildman–Crippen MR) is 42.6 cm³/mol. The van der Waals surface area contributed by atoms with Crippen LogP contribution < -0.4 is 0 Å². The third-order valence-electron chi connectivity index (χ3n) is 1.81. The summed E-state index contributed by atoms with van der Waals surface area (Å²) >= 11 is 5.60. The lowest BCUT2D eigenvalue weighted by molar-refractivity contribution is -0.159. The third kappa shape index (κ3) is 1.32. The molecule has 1 heterocycles. The van der Waals surface area contributed by atoms with Gasteiger partial charge in [0.15, 0.2) is 11.8 Å². The van der Waals surface area contributed by atoms with Gasteiger partial charge in [-0.2, -0.15) is 4.42 Å². The molecule has 4 nitrogen and oxygen atoms in total. The molecule has 0 saturated carbocycles. The number of esters is 1. The van der Waals surface area contributed by atoms with E-state index in [1.807, 2.05) is 0 Å². The van der Waals surface area contributed by atoms with Crippen molar-refractivity contribution in [2.75, 3.05) is 6.61 Å². The summed E-state index contributed by atoms with van der Waals surface area (Å²) in [4.78, 5) is 22.1. The number of Topliss-reactive ketones (excluding diaryl/α,β-unsaturated/α-hetero) is 1. The van der Waals surface area contributed by atoms with E-state index in [-0.39, 0.29) is 18.4 Å². The molecular formula is C7H10ClNO3. The van der Waals surface area contributed by atoms with Gasteiger partial charge >= 0.3 is 5.97 Å². The van der Waals surface area contributed by atoms with Crippen LogP contribution in [-0.2, 0) is 14.3 Å². The van der Waals surface area contributed by atoms with Crippen molar-refractivity contribution >= 4 is 23.5 Å². The quantitative estimate of drug-likeness (QED) is 0.359. The number of nitrogens with zero attached hydrogens (tertiary/aromatic N) is 1. The van der Waals surface area contributed by atoms with Crippen molar-refractivity contribution in [3.05, 3.63) is 0 Å². The van der Waals surface area contributed by atoms with Gasteiger partial charge in [-0.1, -0.05) is 0 Å². The molecule has 0 amide bonds. The molecule has 1 aliphatic heterocycles. The molecule has 68 valence electrons. The zero-order chi connectivity index (χ0) is 9.30. The van der Waals surface area contributed by atoms with Gasteiger partial charge in [0.2, 0.25) is 0 Å². The van der Waals surface area contributed by atoms with Crippen molar-refractivity contribution in [3.63, 3.8) is 0 Å². The van der Waals surface area contributed by atoms with Crippen LogP contribution in [0.5, 0.6) is 0 Å². The van der Waals surface area contributed by atoms with Crippen molar-refractivity contribution in [1.29, 1.82) is 0 Å². The van der Waals surface area contributed by atoms with Crippen LogP contribution in [0.1, 0.15) is 13.8 Å². The monoisotopic (exact) mass is 191 g/mol. The first-order valence-corrected chi connectivity index (χ1v) is 4.08. The summed E-state index contributed by atoms with van der Waals surface area (Å²) in [7, 11) is 0. The minimum atomic E-state index is -0.887. The average Bonchev–Trinajstić information content (AvgIpc) is 2.05. The van der Waals surface area contributed by atoms with Gasteiger partial charge in [-0.15, -0.1) is 0 Å². The second-order valence-electron chi connectivity index (χ2n) is 2.58. The topological polar surface area (TPSA) is 46.6 Å². The SMILES string of the molecule is CCOC(=O)C1C(=O)C(C)N1Cl. The second-order valence-corrected chi connectivity index (χ2v) is 2.97. The number of ether oxygens (including phenoxy) is 1. The number of ketones is 1. The van der Waals surface area contributed by atoms with E-state index in [4.69, 9.17) is 11.8 Å². The van der Waals surface area contributed by atoms with Gasteiger partial charge in [-0.25, -0.2) is 4.79 Å². The van der Waals surface area contributed by atoms with Crippen LogP contribution in [0.3, 0.4) is 0 Å². The van der Waals surface area contributed by atoms with Crippen molar-refractivity contribution < 1.29 is 14.3 Å². The Bertz CT molecular complexity index is 219. The van der Waals surface area contributed by atoms with Gasteiger partial charge in [0.25, 0.3) is 0 Å². The summed E-state index contributed by atoms with van der Waals surface area (Å²) in [5, 5.41) is 0. The molecule has 0 bridgehead atoms. The van der Waals surface area contributed by atoms with E-state index in [1.54, 1.807) is 13.8 Å². The molecular weight excluding hydrogens is 182 g/mol. The first kappa shape index (κ1) is 9.48. The smallest absolute Gasteiger partial charge is 0.332 e. The highest BCUT2D eigenvalue weighted by Crippen LogP contribution is 2.24. The highest BCUT2D eigenvalue weighted by molar-refractivity contribution is 6.25. The molecule has 0 aromatic rings. The highest BCUT2D eigenvalue weighted by Gasteiger charge is 2.49. The van der Waals surface area contributed by atoms with Crippen LogP contribution in [0.15, 0.2) is 0 Å². The van der Waals surface area contributed by atoms with Crippen molar-refractivity contribution in [2.45, 2.75) is 25.9 Å². The Hall–Kier alpha value is -0.610. The molecule has 0 N–H and O–H groups in total. The van der Waals surface area contributed by atoms with Gasteiger partial charge in [0, 0.05) is 0 Å². The molecule has 1 aliphatic rings. The molecule has 2 unspecified atom stereocenters. The Morgan fingerprint density at radius 2 is 2.33 bits per heavy atom. The number of carbonyl (C=O) groups is 2. The van der Waals surface area contributed by atoms with Crippen LogP contribution in [0.4, 0.5) is 0 Å². The van der Waals surface area contributed by atoms with Gasteiger partial charge in [0.1, 0.15) is 0 Å². The van der Waals surface area contributed by atoms with Crippen LogP contribution in [0.25, 0.3) is 0 Å². The lowest BCUT2D eigenvalue weighted by atomic mass is 9.97. The maximum atomic E-state index is 11.1. The summed E-state index contributed by atoms with van der Waals surface area (Å²) in [5.41, 5.74) is 0. The molecule has 1 fully saturated rings. The van der Waals surface area contributed by atoms with Crippen LogP contribution >= 0.6 is 11.8 Å². The first-order chi connectivity index (χ1) is 5.59. The molecule has 0 aliphatic carbocycles. The van der Waals surface area contributed by atoms with Crippen molar-refractivity contribution in [2.24, 2.45) is 0 Å². The fourth-order valence-electron chi connectivity index (χ4n) is 1.05. The molecule has 0 aromatic heterocycles. The molecule has 1 rings (SSSR count). The van der Waals surface area contributed by atoms with Crippen LogP contribution in [-0.4, -0.2) is 34.9 Å². The van der Waals surface area contributed by atoms with Gasteiger partial charge < -0.3 is 4.74 Å². The summed E-state index contributed by atoms with van der Waals surface area (Å²) in [6.07, 6.45) is 0. The van der Waals surface area contributed by atoms with E-state index >= 15 is 0 Å². The average molecular weight is 192 g/mol. The maximum Gasteiger partial charge on any atom is 0.332 e. The normalized spacial score (nSPS) is 29.8. The van der Waals surface area contributed by atoms with Crippen molar-refractivity contribution in [1.82, 2.24) is 4.42 Å². The Morgan fingerprint density at radius 3 is 2.75 bits per heavy atom. The largest absolute Gasteiger partial charge is 0.464 e. The van der Waals surface area contributed by atoms with Gasteiger partial charge in [-0.05, 0) is 25.6 Å². The lowest BCUT2D eigenvalue weighted by Gasteiger charge is -2.37. The lowest BCUT2D eigenvalue weighted by Crippen LogP contribution is -2.62. The Kier molecular flexibility index (Phi) is 2.69. The Labute approximate surface area is 75.5 Å². The standard InChI is InChI=1S/C7H10ClNO3/c1-3-12-7(11)5-6(10)4(2)9(5)8/h4-5H,3H2,1-2H3. The third-order valence-corrected chi connectivity index (χ3v) is 2.30. The summed E-state index contributed by atoms with van der Waals surface area (Å²) in [5.74, 6) is -0.737. The predicted octanol–water partition coefficient (Wildman–Crippen LogP) is 0.345. The van der Waals surface area contributed by atoms with E-state index in [0.717, 1.165) is 0 Å². The summed E-state index contributed by atoms with van der Waals surface area (Å²) in [6, 6.07) is -1.26. The molecule has 12 heavy (non-hydrogen) atoms. The minimum absolute atomic E-state index is 0.177. The molecule has 0 spiro atoms. The zero-order valence-electron chi connectivity index (χ0n) is 6.91. The van der Waals surface area contributed by atoms with Crippen LogP contribution in [0.2, 0.25) is 0 Å². The van der Waals surface area contributed by atoms with E-state index in [9.17, 15) is 9.59 Å². The van der Waals surface area contributed by atoms with Gasteiger partial charge in [0.05, 0.1) is 12.6 Å². The van der Waals surface area contributed by atoms with E-state index < -0.39 is 12.0 Å². The highest BCUT2D eigenvalue weighted by atomic mass is 35.5. The summed E-state index contributed by atoms with van der Waals surface area (Å²) < 4.78 is 5.83.